The monoisotopic (exact) mass is 461 g/mol. The maximum absolute atomic E-state index is 12.6. The molecule has 2 amide bonds. The fourth-order valence-electron chi connectivity index (χ4n) is 3.99. The molecule has 34 heavy (non-hydrogen) atoms. The number of carbonyl (C=O) groups excluding carboxylic acids is 2. The van der Waals surface area contributed by atoms with E-state index >= 15 is 0 Å². The van der Waals surface area contributed by atoms with Gasteiger partial charge in [0, 0.05) is 30.8 Å². The molecule has 0 aliphatic carbocycles. The third-order valence-electron chi connectivity index (χ3n) is 5.90. The molecule has 2 heterocycles. The summed E-state index contributed by atoms with van der Waals surface area (Å²) < 4.78 is 7.02. The number of amides is 2. The summed E-state index contributed by atoms with van der Waals surface area (Å²) in [7, 11) is 0. The van der Waals surface area contributed by atoms with E-state index in [1.54, 1.807) is 29.2 Å². The first kappa shape index (κ1) is 23.7. The number of carbonyl (C=O) groups is 2. The summed E-state index contributed by atoms with van der Waals surface area (Å²) in [4.78, 5) is 27.4. The molecule has 2 N–H and O–H groups in total. The summed E-state index contributed by atoms with van der Waals surface area (Å²) >= 11 is 0. The number of anilines is 1. The van der Waals surface area contributed by atoms with Crippen molar-refractivity contribution in [3.63, 3.8) is 0 Å². The standard InChI is InChI=1S/C26H31N5O3/c1-19-4-9-24(20(2)16-19)26(33)29-22-17-28-31(18-22)23-7-5-21(6-8-23)25(32)27-10-3-11-30-12-14-34-15-13-30/h4-9,16-18H,3,10-15H2,1-2H3,(H,27,32)(H,29,33). The van der Waals surface area contributed by atoms with Crippen LogP contribution in [0, 0.1) is 13.8 Å². The van der Waals surface area contributed by atoms with Gasteiger partial charge in [-0.1, -0.05) is 17.7 Å². The van der Waals surface area contributed by atoms with Crippen molar-refractivity contribution in [1.82, 2.24) is 20.0 Å². The third-order valence-corrected chi connectivity index (χ3v) is 5.90. The molecule has 1 aliphatic rings. The Labute approximate surface area is 199 Å². The van der Waals surface area contributed by atoms with Crippen LogP contribution in [-0.2, 0) is 4.74 Å². The fourth-order valence-corrected chi connectivity index (χ4v) is 3.99. The predicted molar refractivity (Wildman–Crippen MR) is 132 cm³/mol. The van der Waals surface area contributed by atoms with Gasteiger partial charge in [0.1, 0.15) is 0 Å². The third kappa shape index (κ3) is 6.09. The van der Waals surface area contributed by atoms with Crippen LogP contribution >= 0.6 is 0 Å². The Balaban J connectivity index is 1.28. The maximum Gasteiger partial charge on any atom is 0.256 e. The highest BCUT2D eigenvalue weighted by Gasteiger charge is 2.12. The van der Waals surface area contributed by atoms with Gasteiger partial charge in [0.25, 0.3) is 11.8 Å². The molecule has 2 aromatic carbocycles. The summed E-state index contributed by atoms with van der Waals surface area (Å²) in [6.07, 6.45) is 4.27. The highest BCUT2D eigenvalue weighted by Crippen LogP contribution is 2.16. The Morgan fingerprint density at radius 3 is 2.53 bits per heavy atom. The summed E-state index contributed by atoms with van der Waals surface area (Å²) in [5.41, 5.74) is 4.69. The van der Waals surface area contributed by atoms with Crippen LogP contribution in [0.5, 0.6) is 0 Å². The molecule has 1 aliphatic heterocycles. The summed E-state index contributed by atoms with van der Waals surface area (Å²) in [5, 5.41) is 10.2. The van der Waals surface area contributed by atoms with Gasteiger partial charge in [-0.25, -0.2) is 4.68 Å². The Morgan fingerprint density at radius 1 is 1.03 bits per heavy atom. The van der Waals surface area contributed by atoms with Gasteiger partial charge in [-0.3, -0.25) is 14.5 Å². The van der Waals surface area contributed by atoms with Gasteiger partial charge in [0.2, 0.25) is 0 Å². The number of morpholine rings is 1. The van der Waals surface area contributed by atoms with Crippen LogP contribution in [0.3, 0.4) is 0 Å². The first-order valence-corrected chi connectivity index (χ1v) is 11.6. The highest BCUT2D eigenvalue weighted by molar-refractivity contribution is 6.05. The number of nitrogens with one attached hydrogen (secondary N) is 2. The minimum atomic E-state index is -0.169. The van der Waals surface area contributed by atoms with E-state index in [1.165, 1.54) is 0 Å². The van der Waals surface area contributed by atoms with E-state index in [1.807, 2.05) is 44.2 Å². The highest BCUT2D eigenvalue weighted by atomic mass is 16.5. The van der Waals surface area contributed by atoms with Gasteiger partial charge in [-0.2, -0.15) is 5.10 Å². The minimum absolute atomic E-state index is 0.0876. The molecule has 0 atom stereocenters. The van der Waals surface area contributed by atoms with Crippen LogP contribution in [0.1, 0.15) is 38.3 Å². The number of rotatable bonds is 8. The van der Waals surface area contributed by atoms with Crippen molar-refractivity contribution in [3.8, 4) is 5.69 Å². The lowest BCUT2D eigenvalue weighted by molar-refractivity contribution is 0.0374. The predicted octanol–water partition coefficient (Wildman–Crippen LogP) is 3.19. The number of aryl methyl sites for hydroxylation is 2. The second-order valence-corrected chi connectivity index (χ2v) is 8.56. The van der Waals surface area contributed by atoms with Crippen molar-refractivity contribution in [2.75, 3.05) is 44.7 Å². The first-order valence-electron chi connectivity index (χ1n) is 11.6. The maximum atomic E-state index is 12.6. The van der Waals surface area contributed by atoms with Crippen LogP contribution in [0.25, 0.3) is 5.69 Å². The average molecular weight is 462 g/mol. The van der Waals surface area contributed by atoms with E-state index in [0.717, 1.165) is 56.1 Å². The normalized spacial score (nSPS) is 14.1. The average Bonchev–Trinajstić information content (AvgIpc) is 3.31. The molecule has 0 unspecified atom stereocenters. The Kier molecular flexibility index (Phi) is 7.72. The number of benzene rings is 2. The molecular formula is C26H31N5O3. The summed E-state index contributed by atoms with van der Waals surface area (Å²) in [6, 6.07) is 13.0. The number of nitrogens with zero attached hydrogens (tertiary/aromatic N) is 3. The number of hydrogen-bond donors (Lipinski definition) is 2. The van der Waals surface area contributed by atoms with E-state index in [4.69, 9.17) is 4.74 Å². The van der Waals surface area contributed by atoms with Crippen molar-refractivity contribution in [2.45, 2.75) is 20.3 Å². The molecule has 0 radical (unpaired) electrons. The zero-order valence-corrected chi connectivity index (χ0v) is 19.7. The Hall–Kier alpha value is -3.49. The number of ether oxygens (including phenoxy) is 1. The van der Waals surface area contributed by atoms with Crippen molar-refractivity contribution in [2.24, 2.45) is 0 Å². The molecule has 8 nitrogen and oxygen atoms in total. The molecule has 1 aromatic heterocycles. The van der Waals surface area contributed by atoms with Crippen molar-refractivity contribution < 1.29 is 14.3 Å². The quantitative estimate of drug-likeness (QED) is 0.503. The lowest BCUT2D eigenvalue weighted by Crippen LogP contribution is -2.38. The lowest BCUT2D eigenvalue weighted by atomic mass is 10.1. The zero-order chi connectivity index (χ0) is 23.9. The molecule has 8 heteroatoms. The molecule has 178 valence electrons. The molecule has 1 saturated heterocycles. The largest absolute Gasteiger partial charge is 0.379 e. The van der Waals surface area contributed by atoms with E-state index in [-0.39, 0.29) is 11.8 Å². The van der Waals surface area contributed by atoms with Gasteiger partial charge < -0.3 is 15.4 Å². The van der Waals surface area contributed by atoms with Crippen LogP contribution in [0.2, 0.25) is 0 Å². The summed E-state index contributed by atoms with van der Waals surface area (Å²) in [6.45, 7) is 9.02. The summed E-state index contributed by atoms with van der Waals surface area (Å²) in [5.74, 6) is -0.256. The van der Waals surface area contributed by atoms with Crippen molar-refractivity contribution in [1.29, 1.82) is 0 Å². The lowest BCUT2D eigenvalue weighted by Gasteiger charge is -2.26. The molecule has 3 aromatic rings. The Bertz CT molecular complexity index is 1130. The first-order chi connectivity index (χ1) is 16.5. The molecule has 1 fully saturated rings. The zero-order valence-electron chi connectivity index (χ0n) is 19.7. The van der Waals surface area contributed by atoms with Crippen molar-refractivity contribution in [3.05, 3.63) is 77.1 Å². The topological polar surface area (TPSA) is 88.5 Å². The second kappa shape index (κ2) is 11.1. The van der Waals surface area contributed by atoms with Gasteiger partial charge in [-0.15, -0.1) is 0 Å². The van der Waals surface area contributed by atoms with E-state index in [9.17, 15) is 9.59 Å². The van der Waals surface area contributed by atoms with Gasteiger partial charge in [0.05, 0.1) is 37.0 Å². The van der Waals surface area contributed by atoms with Crippen LogP contribution in [-0.4, -0.2) is 65.9 Å². The van der Waals surface area contributed by atoms with Gasteiger partial charge in [0.15, 0.2) is 0 Å². The van der Waals surface area contributed by atoms with E-state index in [2.05, 4.69) is 20.6 Å². The SMILES string of the molecule is Cc1ccc(C(=O)Nc2cnn(-c3ccc(C(=O)NCCCN4CCOCC4)cc3)c2)c(C)c1. The molecule has 0 spiro atoms. The van der Waals surface area contributed by atoms with Crippen LogP contribution in [0.15, 0.2) is 54.9 Å². The van der Waals surface area contributed by atoms with E-state index < -0.39 is 0 Å². The fraction of sp³-hybridized carbons (Fsp3) is 0.346. The van der Waals surface area contributed by atoms with Crippen molar-refractivity contribution >= 4 is 17.5 Å². The molecule has 4 rings (SSSR count). The smallest absolute Gasteiger partial charge is 0.256 e. The second-order valence-electron chi connectivity index (χ2n) is 8.56. The molecular weight excluding hydrogens is 430 g/mol. The number of hydrogen-bond acceptors (Lipinski definition) is 5. The number of aromatic nitrogens is 2. The van der Waals surface area contributed by atoms with Crippen LogP contribution in [0.4, 0.5) is 5.69 Å². The van der Waals surface area contributed by atoms with Gasteiger partial charge >= 0.3 is 0 Å². The molecule has 0 saturated carbocycles. The van der Waals surface area contributed by atoms with Crippen LogP contribution < -0.4 is 10.6 Å². The molecule has 0 bridgehead atoms. The minimum Gasteiger partial charge on any atom is -0.379 e. The van der Waals surface area contributed by atoms with E-state index in [0.29, 0.717) is 23.4 Å². The Morgan fingerprint density at radius 2 is 1.79 bits per heavy atom. The van der Waals surface area contributed by atoms with Gasteiger partial charge in [-0.05, 0) is 62.7 Å².